The Labute approximate surface area is 150 Å². The molecule has 2 aromatic rings. The van der Waals surface area contributed by atoms with E-state index in [1.54, 1.807) is 18.6 Å². The number of rotatable bonds is 4. The first-order valence-electron chi connectivity index (χ1n) is 7.80. The van der Waals surface area contributed by atoms with Crippen LogP contribution in [0.4, 0.5) is 17.3 Å². The van der Waals surface area contributed by atoms with Crippen LogP contribution in [0.5, 0.6) is 0 Å². The monoisotopic (exact) mass is 386 g/mol. The molecule has 1 aliphatic rings. The molecule has 1 fully saturated rings. The lowest BCUT2D eigenvalue weighted by Gasteiger charge is -2.30. The van der Waals surface area contributed by atoms with Crippen LogP contribution in [0.3, 0.4) is 0 Å². The molecule has 6 nitrogen and oxygen atoms in total. The van der Waals surface area contributed by atoms with Crippen molar-refractivity contribution in [3.63, 3.8) is 0 Å². The number of hydrogen-bond acceptors (Lipinski definition) is 6. The predicted octanol–water partition coefficient (Wildman–Crippen LogP) is 2.87. The van der Waals surface area contributed by atoms with Crippen molar-refractivity contribution in [1.29, 1.82) is 0 Å². The predicted molar refractivity (Wildman–Crippen MR) is 99.3 cm³/mol. The minimum atomic E-state index is 0.474. The van der Waals surface area contributed by atoms with E-state index in [0.29, 0.717) is 23.4 Å². The zero-order valence-corrected chi connectivity index (χ0v) is 15.0. The Balaban J connectivity index is 1.70. The average molecular weight is 387 g/mol. The highest BCUT2D eigenvalue weighted by Crippen LogP contribution is 2.27. The molecule has 0 atom stereocenters. The zero-order valence-electron chi connectivity index (χ0n) is 13.5. The number of nitrogens with one attached hydrogen (secondary N) is 2. The molecule has 1 saturated heterocycles. The maximum Gasteiger partial charge on any atom is 0.150 e. The Hall–Kier alpha value is -2.17. The van der Waals surface area contributed by atoms with Crippen LogP contribution >= 0.6 is 15.9 Å². The summed E-state index contributed by atoms with van der Waals surface area (Å²) in [6, 6.07) is 2.45. The number of aromatic nitrogens is 3. The number of pyridine rings is 1. The first-order chi connectivity index (χ1) is 11.6. The van der Waals surface area contributed by atoms with Crippen molar-refractivity contribution in [2.45, 2.75) is 18.9 Å². The molecule has 0 bridgehead atoms. The maximum absolute atomic E-state index is 5.28. The standard InChI is InChI=1S/C17H19BrN6/c1-3-12-9-20-17(11-19-12)23-16-8-15(14(18)10-21-16)22-13-4-6-24(2)7-5-13/h1,8-11,13H,4-7H2,2H3,(H2,20,21,22,23). The fourth-order valence-corrected chi connectivity index (χ4v) is 2.92. The Morgan fingerprint density at radius 1 is 1.17 bits per heavy atom. The lowest BCUT2D eigenvalue weighted by molar-refractivity contribution is 0.264. The van der Waals surface area contributed by atoms with Gasteiger partial charge < -0.3 is 15.5 Å². The first-order valence-corrected chi connectivity index (χ1v) is 8.59. The molecular formula is C17H19BrN6. The van der Waals surface area contributed by atoms with Crippen LogP contribution in [-0.2, 0) is 0 Å². The van der Waals surface area contributed by atoms with Gasteiger partial charge in [-0.3, -0.25) is 0 Å². The van der Waals surface area contributed by atoms with Crippen LogP contribution < -0.4 is 10.6 Å². The molecule has 2 aromatic heterocycles. The number of terminal acetylenes is 1. The van der Waals surface area contributed by atoms with Crippen LogP contribution in [0, 0.1) is 12.3 Å². The molecule has 0 unspecified atom stereocenters. The molecule has 0 radical (unpaired) electrons. The smallest absolute Gasteiger partial charge is 0.150 e. The van der Waals surface area contributed by atoms with Gasteiger partial charge in [0.15, 0.2) is 0 Å². The van der Waals surface area contributed by atoms with Crippen LogP contribution in [0.15, 0.2) is 29.1 Å². The fraction of sp³-hybridized carbons (Fsp3) is 0.353. The summed E-state index contributed by atoms with van der Waals surface area (Å²) in [5, 5.41) is 6.74. The molecule has 0 aliphatic carbocycles. The molecule has 7 heteroatoms. The van der Waals surface area contributed by atoms with E-state index in [4.69, 9.17) is 6.42 Å². The summed E-state index contributed by atoms with van der Waals surface area (Å²) >= 11 is 3.56. The molecule has 0 amide bonds. The summed E-state index contributed by atoms with van der Waals surface area (Å²) in [4.78, 5) is 15.1. The largest absolute Gasteiger partial charge is 0.381 e. The minimum Gasteiger partial charge on any atom is -0.381 e. The Morgan fingerprint density at radius 3 is 2.58 bits per heavy atom. The van der Waals surface area contributed by atoms with E-state index in [2.05, 4.69) is 59.4 Å². The third kappa shape index (κ3) is 4.22. The molecule has 1 aliphatic heterocycles. The summed E-state index contributed by atoms with van der Waals surface area (Å²) in [5.41, 5.74) is 1.53. The number of piperidine rings is 1. The molecule has 0 aromatic carbocycles. The number of nitrogens with zero attached hydrogens (tertiary/aromatic N) is 4. The second-order valence-corrected chi connectivity index (χ2v) is 6.68. The highest BCUT2D eigenvalue weighted by molar-refractivity contribution is 9.10. The highest BCUT2D eigenvalue weighted by Gasteiger charge is 2.17. The van der Waals surface area contributed by atoms with E-state index in [1.807, 2.05) is 6.07 Å². The lowest BCUT2D eigenvalue weighted by atomic mass is 10.1. The van der Waals surface area contributed by atoms with Crippen LogP contribution in [0.1, 0.15) is 18.5 Å². The van der Waals surface area contributed by atoms with E-state index in [1.165, 1.54) is 0 Å². The Kier molecular flexibility index (Phi) is 5.28. The lowest BCUT2D eigenvalue weighted by Crippen LogP contribution is -2.36. The molecule has 24 heavy (non-hydrogen) atoms. The van der Waals surface area contributed by atoms with Crippen molar-refractivity contribution in [3.8, 4) is 12.3 Å². The molecule has 0 spiro atoms. The van der Waals surface area contributed by atoms with E-state index >= 15 is 0 Å². The van der Waals surface area contributed by atoms with Crippen molar-refractivity contribution in [1.82, 2.24) is 19.9 Å². The highest BCUT2D eigenvalue weighted by atomic mass is 79.9. The molecule has 3 rings (SSSR count). The SMILES string of the molecule is C#Cc1cnc(Nc2cc(NC3CCN(C)CC3)c(Br)cn2)cn1. The summed E-state index contributed by atoms with van der Waals surface area (Å²) in [6.45, 7) is 2.23. The fourth-order valence-electron chi connectivity index (χ4n) is 2.59. The van der Waals surface area contributed by atoms with Crippen molar-refractivity contribution in [2.75, 3.05) is 30.8 Å². The van der Waals surface area contributed by atoms with Crippen LogP contribution in [-0.4, -0.2) is 46.0 Å². The second kappa shape index (κ2) is 7.60. The molecular weight excluding hydrogens is 368 g/mol. The number of likely N-dealkylation sites (tertiary alicyclic amines) is 1. The van der Waals surface area contributed by atoms with Gasteiger partial charge >= 0.3 is 0 Å². The molecule has 2 N–H and O–H groups in total. The van der Waals surface area contributed by atoms with E-state index in [9.17, 15) is 0 Å². The summed E-state index contributed by atoms with van der Waals surface area (Å²) in [7, 11) is 2.16. The normalized spacial score (nSPS) is 15.7. The van der Waals surface area contributed by atoms with Gasteiger partial charge in [-0.25, -0.2) is 15.0 Å². The quantitative estimate of drug-likeness (QED) is 0.787. The van der Waals surface area contributed by atoms with Crippen molar-refractivity contribution < 1.29 is 0 Å². The van der Waals surface area contributed by atoms with E-state index < -0.39 is 0 Å². The van der Waals surface area contributed by atoms with Gasteiger partial charge in [-0.05, 0) is 54.8 Å². The van der Waals surface area contributed by atoms with Gasteiger partial charge in [0, 0.05) is 18.3 Å². The summed E-state index contributed by atoms with van der Waals surface area (Å²) < 4.78 is 0.945. The number of anilines is 3. The van der Waals surface area contributed by atoms with Crippen molar-refractivity contribution >= 4 is 33.3 Å². The third-order valence-electron chi connectivity index (χ3n) is 3.99. The van der Waals surface area contributed by atoms with E-state index in [0.717, 1.165) is 36.1 Å². The average Bonchev–Trinajstić information content (AvgIpc) is 2.60. The molecule has 124 valence electrons. The van der Waals surface area contributed by atoms with Gasteiger partial charge in [-0.15, -0.1) is 6.42 Å². The summed E-state index contributed by atoms with van der Waals surface area (Å²) in [5.74, 6) is 3.76. The van der Waals surface area contributed by atoms with Gasteiger partial charge in [0.05, 0.1) is 22.6 Å². The first kappa shape index (κ1) is 16.7. The maximum atomic E-state index is 5.28. The van der Waals surface area contributed by atoms with E-state index in [-0.39, 0.29) is 0 Å². The topological polar surface area (TPSA) is 66.0 Å². The van der Waals surface area contributed by atoms with Crippen LogP contribution in [0.2, 0.25) is 0 Å². The van der Waals surface area contributed by atoms with Crippen LogP contribution in [0.25, 0.3) is 0 Å². The van der Waals surface area contributed by atoms with Crippen molar-refractivity contribution in [2.24, 2.45) is 0 Å². The second-order valence-electron chi connectivity index (χ2n) is 5.83. The van der Waals surface area contributed by atoms with Gasteiger partial charge in [0.1, 0.15) is 17.3 Å². The van der Waals surface area contributed by atoms with Gasteiger partial charge in [-0.2, -0.15) is 0 Å². The minimum absolute atomic E-state index is 0.474. The summed E-state index contributed by atoms with van der Waals surface area (Å²) in [6.07, 6.45) is 12.5. The number of hydrogen-bond donors (Lipinski definition) is 2. The molecule has 0 saturated carbocycles. The Morgan fingerprint density at radius 2 is 1.92 bits per heavy atom. The number of halogens is 1. The Bertz CT molecular complexity index is 732. The van der Waals surface area contributed by atoms with Gasteiger partial charge in [0.25, 0.3) is 0 Å². The molecule has 3 heterocycles. The zero-order chi connectivity index (χ0) is 16.9. The van der Waals surface area contributed by atoms with Gasteiger partial charge in [-0.1, -0.05) is 0 Å². The van der Waals surface area contributed by atoms with Gasteiger partial charge in [0.2, 0.25) is 0 Å². The third-order valence-corrected chi connectivity index (χ3v) is 4.62. The van der Waals surface area contributed by atoms with Crippen molar-refractivity contribution in [3.05, 3.63) is 34.8 Å².